The van der Waals surface area contributed by atoms with Gasteiger partial charge in [0, 0.05) is 16.8 Å². The molecule has 1 fully saturated rings. The molecule has 136 valence electrons. The van der Waals surface area contributed by atoms with Crippen LogP contribution in [0.1, 0.15) is 31.4 Å². The maximum atomic E-state index is 6.25. The molecule has 27 heavy (non-hydrogen) atoms. The van der Waals surface area contributed by atoms with Gasteiger partial charge in [-0.1, -0.05) is 60.1 Å². The highest BCUT2D eigenvalue weighted by molar-refractivity contribution is 6.30. The smallest absolute Gasteiger partial charge is 0.164 e. The Balaban J connectivity index is 1.43. The lowest BCUT2D eigenvalue weighted by Gasteiger charge is -2.45. The van der Waals surface area contributed by atoms with Crippen molar-refractivity contribution >= 4 is 33.5 Å². The summed E-state index contributed by atoms with van der Waals surface area (Å²) in [7, 11) is 0. The largest absolute Gasteiger partial charge is 0.370 e. The number of para-hydroxylation sites is 1. The van der Waals surface area contributed by atoms with Gasteiger partial charge < -0.3 is 9.30 Å². The van der Waals surface area contributed by atoms with Crippen molar-refractivity contribution in [3.05, 3.63) is 71.4 Å². The summed E-state index contributed by atoms with van der Waals surface area (Å²) in [6, 6.07) is 21.0. The van der Waals surface area contributed by atoms with Gasteiger partial charge in [-0.05, 0) is 37.5 Å². The molecule has 0 amide bonds. The lowest BCUT2D eigenvalue weighted by molar-refractivity contribution is -0.118. The summed E-state index contributed by atoms with van der Waals surface area (Å²) in [5.74, 6) is 0. The third-order valence-corrected chi connectivity index (χ3v) is 5.74. The molecule has 0 saturated heterocycles. The van der Waals surface area contributed by atoms with E-state index in [0.29, 0.717) is 17.8 Å². The SMILES string of the molecule is CC1(OCc2ccccc2)CC(n2c3ccccc3c3cc(Cl)nnc32)C1. The summed E-state index contributed by atoms with van der Waals surface area (Å²) in [5, 5.41) is 11.1. The summed E-state index contributed by atoms with van der Waals surface area (Å²) in [6.07, 6.45) is 1.91. The van der Waals surface area contributed by atoms with Crippen LogP contribution in [0.25, 0.3) is 21.9 Å². The first-order chi connectivity index (χ1) is 13.1. The van der Waals surface area contributed by atoms with Crippen LogP contribution in [0.4, 0.5) is 0 Å². The third kappa shape index (κ3) is 2.89. The fourth-order valence-corrected chi connectivity index (χ4v) is 4.35. The van der Waals surface area contributed by atoms with E-state index < -0.39 is 0 Å². The van der Waals surface area contributed by atoms with Gasteiger partial charge in [0.2, 0.25) is 0 Å². The number of fused-ring (bicyclic) bond motifs is 3. The van der Waals surface area contributed by atoms with Crippen molar-refractivity contribution in [2.75, 3.05) is 0 Å². The summed E-state index contributed by atoms with van der Waals surface area (Å²) in [4.78, 5) is 0. The number of rotatable bonds is 4. The number of benzene rings is 2. The predicted molar refractivity (Wildman–Crippen MR) is 108 cm³/mol. The molecule has 1 saturated carbocycles. The van der Waals surface area contributed by atoms with Crippen molar-refractivity contribution in [2.24, 2.45) is 0 Å². The Morgan fingerprint density at radius 2 is 1.78 bits per heavy atom. The van der Waals surface area contributed by atoms with Gasteiger partial charge in [-0.3, -0.25) is 0 Å². The predicted octanol–water partition coefficient (Wildman–Crippen LogP) is 5.55. The molecule has 0 unspecified atom stereocenters. The molecule has 2 heterocycles. The van der Waals surface area contributed by atoms with Crippen molar-refractivity contribution in [2.45, 2.75) is 38.0 Å². The van der Waals surface area contributed by atoms with Crippen molar-refractivity contribution in [3.8, 4) is 0 Å². The number of ether oxygens (including phenoxy) is 1. The van der Waals surface area contributed by atoms with Crippen LogP contribution >= 0.6 is 11.6 Å². The average Bonchev–Trinajstić information content (AvgIpc) is 2.98. The van der Waals surface area contributed by atoms with Gasteiger partial charge in [-0.15, -0.1) is 10.2 Å². The molecule has 0 bridgehead atoms. The van der Waals surface area contributed by atoms with E-state index in [1.165, 1.54) is 16.5 Å². The molecular formula is C22H20ClN3O. The minimum atomic E-state index is -0.113. The zero-order chi connectivity index (χ0) is 18.4. The standard InChI is InChI=1S/C22H20ClN3O/c1-22(27-14-15-7-3-2-4-8-15)12-16(13-22)26-19-10-6-5-9-17(19)18-11-20(23)24-25-21(18)26/h2-11,16H,12-14H2,1H3. The van der Waals surface area contributed by atoms with E-state index >= 15 is 0 Å². The second-order valence-electron chi connectivity index (χ2n) is 7.58. The van der Waals surface area contributed by atoms with Crippen LogP contribution in [0.3, 0.4) is 0 Å². The first-order valence-corrected chi connectivity index (χ1v) is 9.60. The van der Waals surface area contributed by atoms with Crippen LogP contribution in [-0.2, 0) is 11.3 Å². The Labute approximate surface area is 162 Å². The molecule has 0 N–H and O–H groups in total. The molecule has 1 aliphatic rings. The zero-order valence-electron chi connectivity index (χ0n) is 15.1. The average molecular weight is 378 g/mol. The number of hydrogen-bond acceptors (Lipinski definition) is 3. The summed E-state index contributed by atoms with van der Waals surface area (Å²) >= 11 is 6.10. The van der Waals surface area contributed by atoms with E-state index in [0.717, 1.165) is 23.9 Å². The maximum absolute atomic E-state index is 6.25. The fraction of sp³-hybridized carbons (Fsp3) is 0.273. The van der Waals surface area contributed by atoms with Crippen LogP contribution in [-0.4, -0.2) is 20.4 Å². The van der Waals surface area contributed by atoms with Crippen molar-refractivity contribution in [3.63, 3.8) is 0 Å². The number of aromatic nitrogens is 3. The van der Waals surface area contributed by atoms with E-state index in [1.54, 1.807) is 0 Å². The second-order valence-corrected chi connectivity index (χ2v) is 7.96. The molecule has 5 heteroatoms. The third-order valence-electron chi connectivity index (χ3n) is 5.56. The number of hydrogen-bond donors (Lipinski definition) is 0. The van der Waals surface area contributed by atoms with Crippen molar-refractivity contribution in [1.82, 2.24) is 14.8 Å². The Morgan fingerprint density at radius 1 is 1.04 bits per heavy atom. The molecule has 4 aromatic rings. The molecule has 0 aliphatic heterocycles. The molecule has 4 nitrogen and oxygen atoms in total. The highest BCUT2D eigenvalue weighted by Crippen LogP contribution is 2.47. The van der Waals surface area contributed by atoms with Gasteiger partial charge in [-0.25, -0.2) is 0 Å². The van der Waals surface area contributed by atoms with Crippen molar-refractivity contribution < 1.29 is 4.74 Å². The topological polar surface area (TPSA) is 39.9 Å². The number of nitrogens with zero attached hydrogens (tertiary/aromatic N) is 3. The monoisotopic (exact) mass is 377 g/mol. The minimum Gasteiger partial charge on any atom is -0.370 e. The molecule has 5 rings (SSSR count). The first-order valence-electron chi connectivity index (χ1n) is 9.23. The van der Waals surface area contributed by atoms with Crippen LogP contribution in [0.2, 0.25) is 5.15 Å². The highest BCUT2D eigenvalue weighted by atomic mass is 35.5. The Hall–Kier alpha value is -2.43. The molecule has 0 spiro atoms. The van der Waals surface area contributed by atoms with Gasteiger partial charge >= 0.3 is 0 Å². The quantitative estimate of drug-likeness (QED) is 0.468. The number of halogens is 1. The summed E-state index contributed by atoms with van der Waals surface area (Å²) in [6.45, 7) is 2.84. The van der Waals surface area contributed by atoms with Crippen LogP contribution in [0.15, 0.2) is 60.7 Å². The van der Waals surface area contributed by atoms with Crippen molar-refractivity contribution in [1.29, 1.82) is 0 Å². The maximum Gasteiger partial charge on any atom is 0.164 e. The Bertz CT molecular complexity index is 1120. The zero-order valence-corrected chi connectivity index (χ0v) is 15.9. The molecular weight excluding hydrogens is 358 g/mol. The molecule has 2 aromatic heterocycles. The fourth-order valence-electron chi connectivity index (χ4n) is 4.20. The molecule has 2 aromatic carbocycles. The molecule has 0 radical (unpaired) electrons. The van der Waals surface area contributed by atoms with Gasteiger partial charge in [0.05, 0.1) is 17.7 Å². The minimum absolute atomic E-state index is 0.113. The highest BCUT2D eigenvalue weighted by Gasteiger charge is 2.43. The summed E-state index contributed by atoms with van der Waals surface area (Å²) in [5.41, 5.74) is 3.17. The van der Waals surface area contributed by atoms with E-state index in [9.17, 15) is 0 Å². The van der Waals surface area contributed by atoms with E-state index in [2.05, 4.69) is 52.0 Å². The van der Waals surface area contributed by atoms with Gasteiger partial charge in [0.15, 0.2) is 10.8 Å². The van der Waals surface area contributed by atoms with E-state index in [4.69, 9.17) is 16.3 Å². The Kier molecular flexibility index (Phi) is 3.92. The molecule has 1 aliphatic carbocycles. The second kappa shape index (κ2) is 6.32. The molecule has 0 atom stereocenters. The van der Waals surface area contributed by atoms with Crippen LogP contribution in [0.5, 0.6) is 0 Å². The van der Waals surface area contributed by atoms with E-state index in [1.807, 2.05) is 30.3 Å². The lowest BCUT2D eigenvalue weighted by atomic mass is 9.76. The van der Waals surface area contributed by atoms with Gasteiger partial charge in [-0.2, -0.15) is 0 Å². The van der Waals surface area contributed by atoms with Crippen LogP contribution in [0, 0.1) is 0 Å². The Morgan fingerprint density at radius 3 is 2.59 bits per heavy atom. The van der Waals surface area contributed by atoms with Gasteiger partial charge in [0.25, 0.3) is 0 Å². The van der Waals surface area contributed by atoms with Crippen LogP contribution < -0.4 is 0 Å². The van der Waals surface area contributed by atoms with E-state index in [-0.39, 0.29) is 5.60 Å². The lowest BCUT2D eigenvalue weighted by Crippen LogP contribution is -2.44. The summed E-state index contributed by atoms with van der Waals surface area (Å²) < 4.78 is 8.56. The van der Waals surface area contributed by atoms with Gasteiger partial charge in [0.1, 0.15) is 0 Å². The normalized spacial score (nSPS) is 22.2. The first kappa shape index (κ1) is 16.7.